The molecule has 1 fully saturated rings. The molecule has 20 heavy (non-hydrogen) atoms. The summed E-state index contributed by atoms with van der Waals surface area (Å²) in [7, 11) is 0. The maximum Gasteiger partial charge on any atom is 0.228 e. The largest absolute Gasteiger partial charge is 0.369 e. The lowest BCUT2D eigenvalue weighted by Gasteiger charge is -2.22. The molecule has 1 aromatic rings. The Morgan fingerprint density at radius 2 is 2.20 bits per heavy atom. The van der Waals surface area contributed by atoms with Crippen LogP contribution in [0.4, 0.5) is 5.69 Å². The molecule has 5 nitrogen and oxygen atoms in total. The molecule has 0 saturated carbocycles. The Hall–Kier alpha value is -1.53. The van der Waals surface area contributed by atoms with Gasteiger partial charge in [0.1, 0.15) is 0 Å². The van der Waals surface area contributed by atoms with Gasteiger partial charge in [-0.15, -0.1) is 11.8 Å². The molecule has 108 valence electrons. The van der Waals surface area contributed by atoms with Crippen molar-refractivity contribution in [1.82, 2.24) is 5.32 Å². The van der Waals surface area contributed by atoms with Crippen molar-refractivity contribution in [2.45, 2.75) is 17.7 Å². The van der Waals surface area contributed by atoms with Crippen LogP contribution in [0.1, 0.15) is 12.8 Å². The number of nitrogens with one attached hydrogen (secondary N) is 2. The van der Waals surface area contributed by atoms with Crippen LogP contribution in [0.3, 0.4) is 0 Å². The Bertz CT molecular complexity index is 487. The molecule has 0 aromatic heterocycles. The first-order chi connectivity index (χ1) is 9.66. The minimum absolute atomic E-state index is 0.0120. The summed E-state index contributed by atoms with van der Waals surface area (Å²) in [6.07, 6.45) is 1.94. The number of hydrogen-bond acceptors (Lipinski definition) is 4. The fourth-order valence-electron chi connectivity index (χ4n) is 2.16. The van der Waals surface area contributed by atoms with Crippen molar-refractivity contribution in [2.24, 2.45) is 11.7 Å². The van der Waals surface area contributed by atoms with Gasteiger partial charge in [0.15, 0.2) is 0 Å². The van der Waals surface area contributed by atoms with Crippen LogP contribution >= 0.6 is 11.8 Å². The summed E-state index contributed by atoms with van der Waals surface area (Å²) in [5.74, 6) is -0.118. The summed E-state index contributed by atoms with van der Waals surface area (Å²) in [6, 6.07) is 7.46. The molecule has 0 unspecified atom stereocenters. The number of amides is 2. The van der Waals surface area contributed by atoms with E-state index >= 15 is 0 Å². The van der Waals surface area contributed by atoms with Crippen LogP contribution in [-0.4, -0.2) is 30.7 Å². The zero-order valence-electron chi connectivity index (χ0n) is 11.2. The Kier molecular flexibility index (Phi) is 5.43. The number of anilines is 1. The second-order valence-corrected chi connectivity index (χ2v) is 5.80. The zero-order chi connectivity index (χ0) is 14.4. The molecule has 1 aromatic carbocycles. The third kappa shape index (κ3) is 4.25. The standard InChI is InChI=1S/C14H19N3O2S/c15-13(18)9-20-12-6-2-1-5-11(12)17-14(19)10-4-3-7-16-8-10/h1-2,5-6,10,16H,3-4,7-9H2,(H2,15,18)(H,17,19)/t10-/m0/s1. The molecule has 0 bridgehead atoms. The second kappa shape index (κ2) is 7.31. The van der Waals surface area contributed by atoms with Crippen LogP contribution < -0.4 is 16.4 Å². The Balaban J connectivity index is 2.00. The molecule has 4 N–H and O–H groups in total. The van der Waals surface area contributed by atoms with E-state index in [9.17, 15) is 9.59 Å². The van der Waals surface area contributed by atoms with Crippen LogP contribution in [0, 0.1) is 5.92 Å². The first-order valence-corrected chi connectivity index (χ1v) is 7.67. The lowest BCUT2D eigenvalue weighted by Crippen LogP contribution is -2.37. The van der Waals surface area contributed by atoms with Gasteiger partial charge in [-0.3, -0.25) is 9.59 Å². The van der Waals surface area contributed by atoms with Crippen molar-refractivity contribution in [3.63, 3.8) is 0 Å². The van der Waals surface area contributed by atoms with E-state index in [1.807, 2.05) is 24.3 Å². The van der Waals surface area contributed by atoms with Gasteiger partial charge in [0.25, 0.3) is 0 Å². The van der Waals surface area contributed by atoms with Crippen LogP contribution in [0.2, 0.25) is 0 Å². The molecule has 1 aliphatic heterocycles. The summed E-state index contributed by atoms with van der Waals surface area (Å²) in [4.78, 5) is 23.9. The summed E-state index contributed by atoms with van der Waals surface area (Å²) in [5, 5.41) is 6.18. The van der Waals surface area contributed by atoms with Crippen molar-refractivity contribution in [1.29, 1.82) is 0 Å². The third-order valence-electron chi connectivity index (χ3n) is 3.18. The van der Waals surface area contributed by atoms with Crippen LogP contribution in [0.5, 0.6) is 0 Å². The Morgan fingerprint density at radius 3 is 2.90 bits per heavy atom. The van der Waals surface area contributed by atoms with Gasteiger partial charge in [-0.1, -0.05) is 12.1 Å². The van der Waals surface area contributed by atoms with Crippen molar-refractivity contribution in [2.75, 3.05) is 24.2 Å². The van der Waals surface area contributed by atoms with Gasteiger partial charge in [0.2, 0.25) is 11.8 Å². The molecular weight excluding hydrogens is 274 g/mol. The number of carbonyl (C=O) groups excluding carboxylic acids is 2. The van der Waals surface area contributed by atoms with E-state index in [4.69, 9.17) is 5.73 Å². The van der Waals surface area contributed by atoms with Crippen LogP contribution in [-0.2, 0) is 9.59 Å². The van der Waals surface area contributed by atoms with Gasteiger partial charge >= 0.3 is 0 Å². The van der Waals surface area contributed by atoms with E-state index in [1.165, 1.54) is 11.8 Å². The normalized spacial score (nSPS) is 18.5. The first-order valence-electron chi connectivity index (χ1n) is 6.68. The maximum atomic E-state index is 12.2. The highest BCUT2D eigenvalue weighted by Gasteiger charge is 2.21. The predicted molar refractivity (Wildman–Crippen MR) is 80.6 cm³/mol. The number of thioether (sulfide) groups is 1. The first kappa shape index (κ1) is 14.9. The van der Waals surface area contributed by atoms with Crippen molar-refractivity contribution in [3.8, 4) is 0 Å². The lowest BCUT2D eigenvalue weighted by atomic mass is 9.99. The van der Waals surface area contributed by atoms with E-state index in [0.29, 0.717) is 0 Å². The van der Waals surface area contributed by atoms with Gasteiger partial charge in [-0.25, -0.2) is 0 Å². The predicted octanol–water partition coefficient (Wildman–Crippen LogP) is 1.20. The zero-order valence-corrected chi connectivity index (χ0v) is 12.0. The number of nitrogens with two attached hydrogens (primary N) is 1. The Morgan fingerprint density at radius 1 is 1.40 bits per heavy atom. The minimum Gasteiger partial charge on any atom is -0.369 e. The van der Waals surface area contributed by atoms with Gasteiger partial charge in [0.05, 0.1) is 17.4 Å². The molecule has 1 atom stereocenters. The van der Waals surface area contributed by atoms with Gasteiger partial charge in [-0.2, -0.15) is 0 Å². The maximum absolute atomic E-state index is 12.2. The minimum atomic E-state index is -0.368. The molecule has 6 heteroatoms. The third-order valence-corrected chi connectivity index (χ3v) is 4.28. The highest BCUT2D eigenvalue weighted by molar-refractivity contribution is 8.00. The quantitative estimate of drug-likeness (QED) is 0.712. The van der Waals surface area contributed by atoms with E-state index in [2.05, 4.69) is 10.6 Å². The van der Waals surface area contributed by atoms with Gasteiger partial charge < -0.3 is 16.4 Å². The van der Waals surface area contributed by atoms with E-state index in [1.54, 1.807) is 0 Å². The highest BCUT2D eigenvalue weighted by Crippen LogP contribution is 2.27. The number of primary amides is 1. The van der Waals surface area contributed by atoms with Crippen molar-refractivity contribution in [3.05, 3.63) is 24.3 Å². The number of para-hydroxylation sites is 1. The summed E-state index contributed by atoms with van der Waals surface area (Å²) in [6.45, 7) is 1.71. The molecule has 1 aliphatic rings. The average Bonchev–Trinajstić information content (AvgIpc) is 2.47. The molecule has 2 amide bonds. The molecule has 2 rings (SSSR count). The van der Waals surface area contributed by atoms with Crippen molar-refractivity contribution >= 4 is 29.3 Å². The molecule has 0 radical (unpaired) electrons. The molecular formula is C14H19N3O2S. The monoisotopic (exact) mass is 293 g/mol. The number of hydrogen-bond donors (Lipinski definition) is 3. The number of benzene rings is 1. The summed E-state index contributed by atoms with van der Waals surface area (Å²) < 4.78 is 0. The number of piperidine rings is 1. The fraction of sp³-hybridized carbons (Fsp3) is 0.429. The summed E-state index contributed by atoms with van der Waals surface area (Å²) in [5.41, 5.74) is 5.90. The fourth-order valence-corrected chi connectivity index (χ4v) is 2.90. The number of rotatable bonds is 5. The van der Waals surface area contributed by atoms with Crippen LogP contribution in [0.25, 0.3) is 0 Å². The highest BCUT2D eigenvalue weighted by atomic mass is 32.2. The van der Waals surface area contributed by atoms with E-state index in [-0.39, 0.29) is 23.5 Å². The summed E-state index contributed by atoms with van der Waals surface area (Å²) >= 11 is 1.34. The average molecular weight is 293 g/mol. The lowest BCUT2D eigenvalue weighted by molar-refractivity contribution is -0.120. The smallest absolute Gasteiger partial charge is 0.228 e. The molecule has 1 saturated heterocycles. The molecule has 0 spiro atoms. The van der Waals surface area contributed by atoms with Crippen LogP contribution in [0.15, 0.2) is 29.2 Å². The van der Waals surface area contributed by atoms with Crippen molar-refractivity contribution < 1.29 is 9.59 Å². The second-order valence-electron chi connectivity index (χ2n) is 4.78. The SMILES string of the molecule is NC(=O)CSc1ccccc1NC(=O)[C@H]1CCCNC1. The molecule has 1 heterocycles. The number of carbonyl (C=O) groups is 2. The van der Waals surface area contributed by atoms with Gasteiger partial charge in [-0.05, 0) is 31.5 Å². The topological polar surface area (TPSA) is 84.2 Å². The van der Waals surface area contributed by atoms with Gasteiger partial charge in [0, 0.05) is 11.4 Å². The van der Waals surface area contributed by atoms with E-state index in [0.717, 1.165) is 36.5 Å². The van der Waals surface area contributed by atoms with E-state index < -0.39 is 0 Å². The molecule has 0 aliphatic carbocycles. The Labute approximate surface area is 122 Å².